The zero-order valence-corrected chi connectivity index (χ0v) is 14.8. The van der Waals surface area contributed by atoms with E-state index in [2.05, 4.69) is 0 Å². The molecule has 0 spiro atoms. The number of sulfonamides is 1. The number of benzene rings is 2. The maximum atomic E-state index is 13.9. The highest BCUT2D eigenvalue weighted by Crippen LogP contribution is 2.26. The first kappa shape index (κ1) is 17.2. The van der Waals surface area contributed by atoms with Crippen LogP contribution in [0, 0.1) is 12.7 Å². The molecule has 0 bridgehead atoms. The van der Waals surface area contributed by atoms with Crippen molar-refractivity contribution < 1.29 is 12.8 Å². The molecule has 1 aliphatic heterocycles. The minimum Gasteiger partial charge on any atom is -0.367 e. The maximum Gasteiger partial charge on any atom is 0.243 e. The van der Waals surface area contributed by atoms with Gasteiger partial charge < -0.3 is 4.90 Å². The summed E-state index contributed by atoms with van der Waals surface area (Å²) in [5.74, 6) is -0.292. The number of nitrogens with zero attached hydrogens (tertiary/aromatic N) is 2. The van der Waals surface area contributed by atoms with E-state index in [1.807, 2.05) is 4.90 Å². The van der Waals surface area contributed by atoms with Gasteiger partial charge in [-0.25, -0.2) is 12.8 Å². The van der Waals surface area contributed by atoms with Crippen LogP contribution < -0.4 is 4.90 Å². The van der Waals surface area contributed by atoms with Crippen molar-refractivity contribution in [3.8, 4) is 0 Å². The van der Waals surface area contributed by atoms with Crippen molar-refractivity contribution in [3.63, 3.8) is 0 Å². The van der Waals surface area contributed by atoms with Crippen molar-refractivity contribution >= 4 is 27.3 Å². The van der Waals surface area contributed by atoms with Crippen molar-refractivity contribution in [2.24, 2.45) is 0 Å². The van der Waals surface area contributed by atoms with Crippen molar-refractivity contribution in [1.29, 1.82) is 0 Å². The Bertz CT molecular complexity index is 849. The van der Waals surface area contributed by atoms with Gasteiger partial charge in [0.1, 0.15) is 5.82 Å². The maximum absolute atomic E-state index is 13.9. The van der Waals surface area contributed by atoms with E-state index in [1.54, 1.807) is 37.3 Å². The second-order valence-electron chi connectivity index (χ2n) is 5.75. The van der Waals surface area contributed by atoms with Crippen LogP contribution in [0.5, 0.6) is 0 Å². The molecule has 0 radical (unpaired) electrons. The first-order valence-corrected chi connectivity index (χ1v) is 9.47. The van der Waals surface area contributed by atoms with Gasteiger partial charge in [0.15, 0.2) is 0 Å². The van der Waals surface area contributed by atoms with E-state index in [9.17, 15) is 12.8 Å². The van der Waals surface area contributed by atoms with Crippen LogP contribution in [0.1, 0.15) is 5.56 Å². The van der Waals surface area contributed by atoms with Gasteiger partial charge in [0.05, 0.1) is 10.6 Å². The van der Waals surface area contributed by atoms with Gasteiger partial charge in [-0.1, -0.05) is 29.8 Å². The first-order valence-electron chi connectivity index (χ1n) is 7.65. The third-order valence-corrected chi connectivity index (χ3v) is 6.48. The molecule has 1 aliphatic rings. The molecule has 0 N–H and O–H groups in total. The molecule has 3 rings (SSSR count). The van der Waals surface area contributed by atoms with Gasteiger partial charge in [0, 0.05) is 31.2 Å². The van der Waals surface area contributed by atoms with Gasteiger partial charge in [-0.05, 0) is 36.8 Å². The Balaban J connectivity index is 1.79. The summed E-state index contributed by atoms with van der Waals surface area (Å²) in [4.78, 5) is 2.10. The number of piperazine rings is 1. The fourth-order valence-corrected chi connectivity index (χ4v) is 4.78. The smallest absolute Gasteiger partial charge is 0.243 e. The minimum absolute atomic E-state index is 0.231. The number of halogens is 2. The Hall–Kier alpha value is -1.63. The monoisotopic (exact) mass is 368 g/mol. The van der Waals surface area contributed by atoms with Crippen molar-refractivity contribution in [2.45, 2.75) is 11.8 Å². The summed E-state index contributed by atoms with van der Waals surface area (Å²) in [5, 5.41) is 0.393. The standard InChI is InChI=1S/C17H18ClFN2O2S/c1-13-6-7-14(18)12-17(13)24(22,23)21-10-8-20(9-11-21)16-5-3-2-4-15(16)19/h2-7,12H,8-11H2,1H3. The average Bonchev–Trinajstić information content (AvgIpc) is 2.57. The van der Waals surface area contributed by atoms with Gasteiger partial charge >= 0.3 is 0 Å². The Morgan fingerprint density at radius 1 is 1.04 bits per heavy atom. The number of aryl methyl sites for hydroxylation is 1. The molecule has 0 aromatic heterocycles. The van der Waals surface area contributed by atoms with Gasteiger partial charge in [-0.3, -0.25) is 0 Å². The van der Waals surface area contributed by atoms with Gasteiger partial charge in [0.2, 0.25) is 10.0 Å². The zero-order valence-electron chi connectivity index (χ0n) is 13.2. The Kier molecular flexibility index (Phi) is 4.80. The van der Waals surface area contributed by atoms with E-state index in [0.29, 0.717) is 42.5 Å². The largest absolute Gasteiger partial charge is 0.367 e. The molecule has 0 saturated carbocycles. The SMILES string of the molecule is Cc1ccc(Cl)cc1S(=O)(=O)N1CCN(c2ccccc2F)CC1. The lowest BCUT2D eigenvalue weighted by molar-refractivity contribution is 0.383. The molecule has 128 valence electrons. The van der Waals surface area contributed by atoms with Crippen LogP contribution in [-0.2, 0) is 10.0 Å². The van der Waals surface area contributed by atoms with Crippen molar-refractivity contribution in [3.05, 3.63) is 58.9 Å². The number of hydrogen-bond acceptors (Lipinski definition) is 3. The highest BCUT2D eigenvalue weighted by molar-refractivity contribution is 7.89. The molecule has 2 aromatic carbocycles. The highest BCUT2D eigenvalue weighted by Gasteiger charge is 2.30. The molecular formula is C17H18ClFN2O2S. The second kappa shape index (κ2) is 6.70. The molecule has 1 fully saturated rings. The molecule has 4 nitrogen and oxygen atoms in total. The molecule has 1 saturated heterocycles. The summed E-state index contributed by atoms with van der Waals surface area (Å²) < 4.78 is 41.0. The topological polar surface area (TPSA) is 40.6 Å². The first-order chi connectivity index (χ1) is 11.4. The Labute approximate surface area is 146 Å². The summed E-state index contributed by atoms with van der Waals surface area (Å²) in [6.45, 7) is 3.25. The van der Waals surface area contributed by atoms with E-state index < -0.39 is 10.0 Å². The molecule has 0 amide bonds. The summed E-state index contributed by atoms with van der Waals surface area (Å²) in [6.07, 6.45) is 0. The van der Waals surface area contributed by atoms with E-state index in [0.717, 1.165) is 0 Å². The number of hydrogen-bond donors (Lipinski definition) is 0. The predicted molar refractivity (Wildman–Crippen MR) is 93.6 cm³/mol. The van der Waals surface area contributed by atoms with Gasteiger partial charge in [-0.15, -0.1) is 0 Å². The van der Waals surface area contributed by atoms with Gasteiger partial charge in [-0.2, -0.15) is 4.31 Å². The van der Waals surface area contributed by atoms with E-state index >= 15 is 0 Å². The van der Waals surface area contributed by atoms with Crippen LogP contribution >= 0.6 is 11.6 Å². The molecule has 7 heteroatoms. The number of rotatable bonds is 3. The lowest BCUT2D eigenvalue weighted by Gasteiger charge is -2.35. The lowest BCUT2D eigenvalue weighted by atomic mass is 10.2. The van der Waals surface area contributed by atoms with Crippen molar-refractivity contribution in [2.75, 3.05) is 31.1 Å². The van der Waals surface area contributed by atoms with Crippen LogP contribution in [-0.4, -0.2) is 38.9 Å². The fraction of sp³-hybridized carbons (Fsp3) is 0.294. The number of anilines is 1. The molecule has 0 aliphatic carbocycles. The Morgan fingerprint density at radius 3 is 2.38 bits per heavy atom. The van der Waals surface area contributed by atoms with E-state index in [4.69, 9.17) is 11.6 Å². The van der Waals surface area contributed by atoms with Crippen LogP contribution in [0.4, 0.5) is 10.1 Å². The van der Waals surface area contributed by atoms with Crippen LogP contribution in [0.3, 0.4) is 0 Å². The quantitative estimate of drug-likeness (QED) is 0.834. The summed E-state index contributed by atoms with van der Waals surface area (Å²) >= 11 is 5.95. The third-order valence-electron chi connectivity index (χ3n) is 4.20. The second-order valence-corrected chi connectivity index (χ2v) is 8.10. The van der Waals surface area contributed by atoms with E-state index in [1.165, 1.54) is 16.4 Å². The van der Waals surface area contributed by atoms with Crippen LogP contribution in [0.15, 0.2) is 47.4 Å². The summed E-state index contributed by atoms with van der Waals surface area (Å²) in [6, 6.07) is 11.4. The summed E-state index contributed by atoms with van der Waals surface area (Å²) in [5.41, 5.74) is 1.17. The average molecular weight is 369 g/mol. The minimum atomic E-state index is -3.60. The van der Waals surface area contributed by atoms with Crippen LogP contribution in [0.2, 0.25) is 5.02 Å². The number of para-hydroxylation sites is 1. The van der Waals surface area contributed by atoms with E-state index in [-0.39, 0.29) is 10.7 Å². The van der Waals surface area contributed by atoms with Crippen LogP contribution in [0.25, 0.3) is 0 Å². The predicted octanol–water partition coefficient (Wildman–Crippen LogP) is 3.30. The molecule has 0 unspecified atom stereocenters. The normalized spacial score (nSPS) is 16.4. The molecule has 24 heavy (non-hydrogen) atoms. The molecule has 0 atom stereocenters. The molecular weight excluding hydrogens is 351 g/mol. The molecule has 1 heterocycles. The third kappa shape index (κ3) is 3.27. The van der Waals surface area contributed by atoms with Gasteiger partial charge in [0.25, 0.3) is 0 Å². The zero-order chi connectivity index (χ0) is 17.3. The summed E-state index contributed by atoms with van der Waals surface area (Å²) in [7, 11) is -3.60. The fourth-order valence-electron chi connectivity index (χ4n) is 2.87. The lowest BCUT2D eigenvalue weighted by Crippen LogP contribution is -2.49. The van der Waals surface area contributed by atoms with Crippen molar-refractivity contribution in [1.82, 2.24) is 4.31 Å². The Morgan fingerprint density at radius 2 is 1.71 bits per heavy atom. The molecule has 2 aromatic rings. The highest BCUT2D eigenvalue weighted by atomic mass is 35.5.